The van der Waals surface area contributed by atoms with E-state index in [1.54, 1.807) is 6.92 Å². The summed E-state index contributed by atoms with van der Waals surface area (Å²) in [4.78, 5) is 24.4. The number of nitrogens with zero attached hydrogens (tertiary/aromatic N) is 6. The summed E-state index contributed by atoms with van der Waals surface area (Å²) in [5, 5.41) is 8.36. The molecule has 0 saturated carbocycles. The number of fused-ring (bicyclic) bond motifs is 1. The van der Waals surface area contributed by atoms with E-state index < -0.39 is 0 Å². The van der Waals surface area contributed by atoms with Gasteiger partial charge in [0.2, 0.25) is 17.7 Å². The SMILES string of the molecule is Cc1nnc(C(c2ccccc2)N2CCN(C(=O)c3cccc(-c4nc5cc(N(C)C)ccc5o4)c3)CC2)o1. The molecule has 0 spiro atoms. The fourth-order valence-corrected chi connectivity index (χ4v) is 5.04. The Morgan fingerprint density at radius 2 is 1.69 bits per heavy atom. The second-order valence-corrected chi connectivity index (χ2v) is 9.95. The first kappa shape index (κ1) is 24.8. The Kier molecular flexibility index (Phi) is 6.58. The number of amides is 1. The molecule has 0 aliphatic carbocycles. The van der Waals surface area contributed by atoms with Crippen molar-refractivity contribution in [1.82, 2.24) is 25.0 Å². The highest BCUT2D eigenvalue weighted by molar-refractivity contribution is 5.95. The average Bonchev–Trinajstić information content (AvgIpc) is 3.59. The van der Waals surface area contributed by atoms with Gasteiger partial charge in [-0.25, -0.2) is 4.98 Å². The molecule has 1 amide bonds. The third-order valence-corrected chi connectivity index (χ3v) is 7.10. The normalized spacial score (nSPS) is 15.0. The van der Waals surface area contributed by atoms with Gasteiger partial charge in [-0.2, -0.15) is 0 Å². The molecule has 0 radical (unpaired) electrons. The van der Waals surface area contributed by atoms with Crippen LogP contribution >= 0.6 is 0 Å². The number of benzene rings is 3. The third-order valence-electron chi connectivity index (χ3n) is 7.10. The van der Waals surface area contributed by atoms with Crippen LogP contribution in [0.3, 0.4) is 0 Å². The number of aryl methyl sites for hydroxylation is 1. The Bertz CT molecular complexity index is 1600. The van der Waals surface area contributed by atoms with Crippen LogP contribution in [0.15, 0.2) is 81.6 Å². The zero-order valence-electron chi connectivity index (χ0n) is 22.2. The molecule has 1 saturated heterocycles. The van der Waals surface area contributed by atoms with Gasteiger partial charge in [0.05, 0.1) is 0 Å². The molecule has 198 valence electrons. The van der Waals surface area contributed by atoms with Gasteiger partial charge in [-0.1, -0.05) is 36.4 Å². The number of rotatable bonds is 6. The predicted octanol–water partition coefficient (Wildman–Crippen LogP) is 4.80. The summed E-state index contributed by atoms with van der Waals surface area (Å²) in [6, 6.07) is 23.4. The molecule has 1 aliphatic rings. The van der Waals surface area contributed by atoms with Crippen molar-refractivity contribution in [3.63, 3.8) is 0 Å². The van der Waals surface area contributed by atoms with Crippen molar-refractivity contribution in [2.24, 2.45) is 0 Å². The fraction of sp³-hybridized carbons (Fsp3) is 0.267. The number of hydrogen-bond donors (Lipinski definition) is 0. The molecular weight excluding hydrogens is 492 g/mol. The molecule has 0 bridgehead atoms. The molecule has 1 unspecified atom stereocenters. The lowest BCUT2D eigenvalue weighted by molar-refractivity contribution is 0.0578. The number of carbonyl (C=O) groups is 1. The van der Waals surface area contributed by atoms with Crippen LogP contribution in [0.4, 0.5) is 5.69 Å². The summed E-state index contributed by atoms with van der Waals surface area (Å²) in [7, 11) is 3.98. The van der Waals surface area contributed by atoms with Crippen LogP contribution in [0.1, 0.15) is 33.7 Å². The van der Waals surface area contributed by atoms with E-state index in [1.165, 1.54) is 0 Å². The Morgan fingerprint density at radius 3 is 2.41 bits per heavy atom. The zero-order chi connectivity index (χ0) is 26.9. The highest BCUT2D eigenvalue weighted by Crippen LogP contribution is 2.30. The Labute approximate surface area is 226 Å². The van der Waals surface area contributed by atoms with Crippen LogP contribution in [0, 0.1) is 6.92 Å². The molecule has 3 aromatic carbocycles. The number of piperazine rings is 1. The first-order chi connectivity index (χ1) is 19.0. The summed E-state index contributed by atoms with van der Waals surface area (Å²) in [6.45, 7) is 4.36. The molecule has 5 aromatic rings. The minimum absolute atomic E-state index is 0.00704. The van der Waals surface area contributed by atoms with Crippen molar-refractivity contribution in [2.45, 2.75) is 13.0 Å². The van der Waals surface area contributed by atoms with Crippen LogP contribution in [-0.2, 0) is 0 Å². The van der Waals surface area contributed by atoms with Gasteiger partial charge in [-0.15, -0.1) is 10.2 Å². The lowest BCUT2D eigenvalue weighted by Crippen LogP contribution is -2.50. The lowest BCUT2D eigenvalue weighted by atomic mass is 10.0. The minimum atomic E-state index is -0.153. The lowest BCUT2D eigenvalue weighted by Gasteiger charge is -2.38. The predicted molar refractivity (Wildman–Crippen MR) is 149 cm³/mol. The number of hydrogen-bond acceptors (Lipinski definition) is 8. The molecule has 1 fully saturated rings. The van der Waals surface area contributed by atoms with E-state index >= 15 is 0 Å². The first-order valence-electron chi connectivity index (χ1n) is 13.0. The van der Waals surface area contributed by atoms with Gasteiger partial charge < -0.3 is 18.6 Å². The van der Waals surface area contributed by atoms with Crippen molar-refractivity contribution in [3.8, 4) is 11.5 Å². The summed E-state index contributed by atoms with van der Waals surface area (Å²) in [6.07, 6.45) is 0. The minimum Gasteiger partial charge on any atom is -0.436 e. The number of anilines is 1. The average molecular weight is 523 g/mol. The maximum absolute atomic E-state index is 13.5. The van der Waals surface area contributed by atoms with E-state index in [0.717, 1.165) is 22.3 Å². The third kappa shape index (κ3) is 5.00. The van der Waals surface area contributed by atoms with Gasteiger partial charge in [0.15, 0.2) is 5.58 Å². The second kappa shape index (κ2) is 10.3. The molecule has 9 heteroatoms. The molecule has 6 rings (SSSR count). The van der Waals surface area contributed by atoms with Gasteiger partial charge >= 0.3 is 0 Å². The van der Waals surface area contributed by atoms with Crippen LogP contribution < -0.4 is 4.90 Å². The Hall–Kier alpha value is -4.50. The van der Waals surface area contributed by atoms with Crippen molar-refractivity contribution in [3.05, 3.63) is 95.7 Å². The molecule has 0 N–H and O–H groups in total. The monoisotopic (exact) mass is 522 g/mol. The number of aromatic nitrogens is 3. The molecule has 9 nitrogen and oxygen atoms in total. The maximum atomic E-state index is 13.5. The molecule has 39 heavy (non-hydrogen) atoms. The summed E-state index contributed by atoms with van der Waals surface area (Å²) >= 11 is 0. The molecular formula is C30H30N6O3. The molecule has 1 aliphatic heterocycles. The Balaban J connectivity index is 1.18. The van der Waals surface area contributed by atoms with E-state index in [9.17, 15) is 4.79 Å². The number of carbonyl (C=O) groups excluding carboxylic acids is 1. The Morgan fingerprint density at radius 1 is 0.897 bits per heavy atom. The highest BCUT2D eigenvalue weighted by atomic mass is 16.4. The van der Waals surface area contributed by atoms with Crippen molar-refractivity contribution in [2.75, 3.05) is 45.2 Å². The summed E-state index contributed by atoms with van der Waals surface area (Å²) in [5.74, 6) is 1.60. The zero-order valence-corrected chi connectivity index (χ0v) is 22.2. The molecule has 2 aromatic heterocycles. The van der Waals surface area contributed by atoms with Crippen molar-refractivity contribution >= 4 is 22.7 Å². The second-order valence-electron chi connectivity index (χ2n) is 9.95. The number of oxazole rings is 1. The largest absolute Gasteiger partial charge is 0.436 e. The van der Waals surface area contributed by atoms with Crippen molar-refractivity contribution in [1.29, 1.82) is 0 Å². The van der Waals surface area contributed by atoms with Crippen LogP contribution in [-0.4, -0.2) is 71.2 Å². The summed E-state index contributed by atoms with van der Waals surface area (Å²) in [5.41, 5.74) is 5.03. The molecule has 3 heterocycles. The van der Waals surface area contributed by atoms with E-state index in [2.05, 4.69) is 32.2 Å². The smallest absolute Gasteiger partial charge is 0.253 e. The van der Waals surface area contributed by atoms with Gasteiger partial charge in [-0.3, -0.25) is 9.69 Å². The summed E-state index contributed by atoms with van der Waals surface area (Å²) < 4.78 is 11.8. The van der Waals surface area contributed by atoms with Crippen LogP contribution in [0.5, 0.6) is 0 Å². The van der Waals surface area contributed by atoms with Gasteiger partial charge in [0.25, 0.3) is 5.91 Å². The quantitative estimate of drug-likeness (QED) is 0.314. The fourth-order valence-electron chi connectivity index (χ4n) is 5.04. The standard InChI is InChI=1S/C30H30N6O3/c1-20-32-33-29(38-20)27(21-8-5-4-6-9-21)35-14-16-36(17-15-35)30(37)23-11-7-10-22(18-23)28-31-25-19-24(34(2)3)12-13-26(25)39-28/h4-13,18-19,27H,14-17H2,1-3H3. The van der Waals surface area contributed by atoms with Gasteiger partial charge in [0.1, 0.15) is 11.6 Å². The maximum Gasteiger partial charge on any atom is 0.253 e. The van der Waals surface area contributed by atoms with E-state index in [1.807, 2.05) is 84.6 Å². The van der Waals surface area contributed by atoms with Crippen LogP contribution in [0.2, 0.25) is 0 Å². The highest BCUT2D eigenvalue weighted by Gasteiger charge is 2.31. The van der Waals surface area contributed by atoms with E-state index in [0.29, 0.717) is 55.0 Å². The van der Waals surface area contributed by atoms with Crippen molar-refractivity contribution < 1.29 is 13.6 Å². The van der Waals surface area contributed by atoms with Crippen LogP contribution in [0.25, 0.3) is 22.6 Å². The molecule has 1 atom stereocenters. The van der Waals surface area contributed by atoms with E-state index in [4.69, 9.17) is 8.83 Å². The first-order valence-corrected chi connectivity index (χ1v) is 13.0. The van der Waals surface area contributed by atoms with Gasteiger partial charge in [-0.05, 0) is 42.0 Å². The topological polar surface area (TPSA) is 91.7 Å². The van der Waals surface area contributed by atoms with E-state index in [-0.39, 0.29) is 11.9 Å². The van der Waals surface area contributed by atoms with Gasteiger partial charge in [0, 0.05) is 64.0 Å².